The Morgan fingerprint density at radius 1 is 1.07 bits per heavy atom. The molecule has 0 spiro atoms. The number of methoxy groups -OCH3 is 1. The molecule has 0 atom stereocenters. The van der Waals surface area contributed by atoms with E-state index in [4.69, 9.17) is 14.2 Å². The molecule has 0 N–H and O–H groups in total. The Bertz CT molecular complexity index is 1120. The summed E-state index contributed by atoms with van der Waals surface area (Å²) in [7, 11) is 1.48. The van der Waals surface area contributed by atoms with Gasteiger partial charge in [0.15, 0.2) is 17.2 Å². The lowest BCUT2D eigenvalue weighted by molar-refractivity contribution is -0.129. The third kappa shape index (κ3) is 4.09. The molecule has 1 aliphatic heterocycles. The predicted octanol–water partition coefficient (Wildman–Crippen LogP) is 4.32. The van der Waals surface area contributed by atoms with Gasteiger partial charge >= 0.3 is 11.9 Å². The molecule has 0 radical (unpaired) electrons. The van der Waals surface area contributed by atoms with Crippen LogP contribution in [-0.2, 0) is 9.53 Å². The number of cyclic esters (lactones) is 1. The number of carbonyl (C=O) groups is 2. The van der Waals surface area contributed by atoms with Crippen LogP contribution in [0.5, 0.6) is 11.5 Å². The highest BCUT2D eigenvalue weighted by atomic mass is 32.1. The molecule has 0 saturated heterocycles. The van der Waals surface area contributed by atoms with Crippen LogP contribution < -0.4 is 9.47 Å². The minimum atomic E-state index is -0.531. The molecule has 0 unspecified atom stereocenters. The average molecular weight is 405 g/mol. The molecule has 0 aliphatic carbocycles. The molecule has 144 valence electrons. The molecular formula is C22H15NO5S. The van der Waals surface area contributed by atoms with Gasteiger partial charge in [0.2, 0.25) is 5.90 Å². The zero-order valence-electron chi connectivity index (χ0n) is 15.3. The third-order valence-corrected chi connectivity index (χ3v) is 4.91. The van der Waals surface area contributed by atoms with Crippen molar-refractivity contribution in [3.8, 4) is 11.5 Å². The van der Waals surface area contributed by atoms with Crippen LogP contribution in [0.1, 0.15) is 20.8 Å². The van der Waals surface area contributed by atoms with Crippen LogP contribution >= 0.6 is 11.3 Å². The lowest BCUT2D eigenvalue weighted by atomic mass is 10.1. The summed E-state index contributed by atoms with van der Waals surface area (Å²) < 4.78 is 16.0. The van der Waals surface area contributed by atoms with Crippen molar-refractivity contribution in [3.63, 3.8) is 0 Å². The fourth-order valence-corrected chi connectivity index (χ4v) is 3.27. The number of hydrogen-bond acceptors (Lipinski definition) is 7. The van der Waals surface area contributed by atoms with Crippen LogP contribution in [0.4, 0.5) is 0 Å². The van der Waals surface area contributed by atoms with Crippen molar-refractivity contribution >= 4 is 35.2 Å². The Labute approximate surface area is 170 Å². The molecule has 2 heterocycles. The van der Waals surface area contributed by atoms with Gasteiger partial charge in [0.05, 0.1) is 7.11 Å². The topological polar surface area (TPSA) is 74.2 Å². The van der Waals surface area contributed by atoms with Crippen LogP contribution in [0, 0.1) is 0 Å². The number of nitrogens with zero attached hydrogens (tertiary/aromatic N) is 1. The normalized spacial score (nSPS) is 14.4. The largest absolute Gasteiger partial charge is 0.493 e. The number of rotatable bonds is 5. The van der Waals surface area contributed by atoms with Gasteiger partial charge in [-0.05, 0) is 47.4 Å². The molecule has 0 bridgehead atoms. The first kappa shape index (κ1) is 18.6. The van der Waals surface area contributed by atoms with E-state index in [0.717, 1.165) is 5.56 Å². The molecule has 2 aromatic carbocycles. The van der Waals surface area contributed by atoms with Crippen molar-refractivity contribution in [1.82, 2.24) is 0 Å². The van der Waals surface area contributed by atoms with Gasteiger partial charge in [-0.2, -0.15) is 0 Å². The quantitative estimate of drug-likeness (QED) is 0.359. The molecule has 29 heavy (non-hydrogen) atoms. The van der Waals surface area contributed by atoms with E-state index in [9.17, 15) is 9.59 Å². The lowest BCUT2D eigenvalue weighted by Gasteiger charge is -2.09. The minimum Gasteiger partial charge on any atom is -0.493 e. The van der Waals surface area contributed by atoms with Crippen molar-refractivity contribution in [2.45, 2.75) is 0 Å². The van der Waals surface area contributed by atoms with Crippen molar-refractivity contribution in [2.24, 2.45) is 4.99 Å². The van der Waals surface area contributed by atoms with E-state index < -0.39 is 11.9 Å². The Morgan fingerprint density at radius 3 is 2.62 bits per heavy atom. The van der Waals surface area contributed by atoms with Crippen LogP contribution in [0.3, 0.4) is 0 Å². The number of benzene rings is 2. The number of ether oxygens (including phenoxy) is 3. The maximum atomic E-state index is 12.2. The van der Waals surface area contributed by atoms with Crippen LogP contribution in [-0.4, -0.2) is 24.9 Å². The number of thiophene rings is 1. The standard InChI is InChI=1S/C22H15NO5S/c1-26-18-13-14(9-10-17(18)27-22(25)19-8-5-11-29-19)12-16-21(24)28-20(23-16)15-6-3-2-4-7-15/h2-13H,1H3/b16-12+. The molecule has 0 fully saturated rings. The summed E-state index contributed by atoms with van der Waals surface area (Å²) in [5.74, 6) is -0.0781. The summed E-state index contributed by atoms with van der Waals surface area (Å²) in [6, 6.07) is 17.6. The zero-order chi connectivity index (χ0) is 20.2. The lowest BCUT2D eigenvalue weighted by Crippen LogP contribution is -2.07. The molecule has 1 aliphatic rings. The summed E-state index contributed by atoms with van der Waals surface area (Å²) in [4.78, 5) is 29.1. The molecule has 4 rings (SSSR count). The Balaban J connectivity index is 1.58. The Kier molecular flexibility index (Phi) is 5.22. The van der Waals surface area contributed by atoms with E-state index in [0.29, 0.717) is 16.2 Å². The first-order valence-corrected chi connectivity index (χ1v) is 9.54. The second-order valence-corrected chi connectivity index (χ2v) is 6.93. The summed E-state index contributed by atoms with van der Waals surface area (Å²) in [5.41, 5.74) is 1.55. The fraction of sp³-hybridized carbons (Fsp3) is 0.0455. The van der Waals surface area contributed by atoms with E-state index >= 15 is 0 Å². The minimum absolute atomic E-state index is 0.175. The van der Waals surface area contributed by atoms with Gasteiger partial charge < -0.3 is 14.2 Å². The van der Waals surface area contributed by atoms with Gasteiger partial charge in [0, 0.05) is 5.56 Å². The molecule has 0 saturated carbocycles. The van der Waals surface area contributed by atoms with Gasteiger partial charge in [-0.25, -0.2) is 14.6 Å². The summed E-state index contributed by atoms with van der Waals surface area (Å²) in [5, 5.41) is 1.80. The van der Waals surface area contributed by atoms with E-state index in [1.165, 1.54) is 18.4 Å². The molecule has 6 nitrogen and oxygen atoms in total. The molecule has 3 aromatic rings. The number of carbonyl (C=O) groups excluding carboxylic acids is 2. The fourth-order valence-electron chi connectivity index (χ4n) is 2.67. The average Bonchev–Trinajstić information content (AvgIpc) is 3.40. The number of hydrogen-bond donors (Lipinski definition) is 0. The van der Waals surface area contributed by atoms with Crippen LogP contribution in [0.25, 0.3) is 6.08 Å². The van der Waals surface area contributed by atoms with Gasteiger partial charge in [-0.3, -0.25) is 0 Å². The first-order valence-electron chi connectivity index (χ1n) is 8.66. The van der Waals surface area contributed by atoms with Crippen molar-refractivity contribution in [2.75, 3.05) is 7.11 Å². The predicted molar refractivity (Wildman–Crippen MR) is 109 cm³/mol. The highest BCUT2D eigenvalue weighted by molar-refractivity contribution is 7.12. The van der Waals surface area contributed by atoms with Gasteiger partial charge in [0.25, 0.3) is 0 Å². The zero-order valence-corrected chi connectivity index (χ0v) is 16.1. The highest BCUT2D eigenvalue weighted by Gasteiger charge is 2.24. The van der Waals surface area contributed by atoms with E-state index in [2.05, 4.69) is 4.99 Å². The summed E-state index contributed by atoms with van der Waals surface area (Å²) >= 11 is 1.30. The second-order valence-electron chi connectivity index (χ2n) is 5.98. The van der Waals surface area contributed by atoms with Gasteiger partial charge in [-0.15, -0.1) is 11.3 Å². The van der Waals surface area contributed by atoms with E-state index in [1.807, 2.05) is 30.3 Å². The maximum Gasteiger partial charge on any atom is 0.363 e. The third-order valence-electron chi connectivity index (χ3n) is 4.06. The van der Waals surface area contributed by atoms with Gasteiger partial charge in [0.1, 0.15) is 4.88 Å². The van der Waals surface area contributed by atoms with Crippen LogP contribution in [0.15, 0.2) is 76.7 Å². The summed E-state index contributed by atoms with van der Waals surface area (Å²) in [6.07, 6.45) is 1.59. The molecule has 7 heteroatoms. The second kappa shape index (κ2) is 8.12. The Hall–Kier alpha value is -3.71. The van der Waals surface area contributed by atoms with Crippen molar-refractivity contribution in [3.05, 3.63) is 87.7 Å². The smallest absolute Gasteiger partial charge is 0.363 e. The number of esters is 2. The van der Waals surface area contributed by atoms with Crippen molar-refractivity contribution in [1.29, 1.82) is 0 Å². The molecule has 1 aromatic heterocycles. The summed E-state index contributed by atoms with van der Waals surface area (Å²) in [6.45, 7) is 0. The molecular weight excluding hydrogens is 390 g/mol. The van der Waals surface area contributed by atoms with E-state index in [-0.39, 0.29) is 17.3 Å². The Morgan fingerprint density at radius 2 is 1.90 bits per heavy atom. The van der Waals surface area contributed by atoms with E-state index in [1.54, 1.807) is 41.8 Å². The molecule has 0 amide bonds. The van der Waals surface area contributed by atoms with Gasteiger partial charge in [-0.1, -0.05) is 30.3 Å². The highest BCUT2D eigenvalue weighted by Crippen LogP contribution is 2.30. The van der Waals surface area contributed by atoms with Crippen LogP contribution in [0.2, 0.25) is 0 Å². The monoisotopic (exact) mass is 405 g/mol. The number of aliphatic imine (C=N–C) groups is 1. The maximum absolute atomic E-state index is 12.2. The first-order chi connectivity index (χ1) is 14.1. The SMILES string of the molecule is COc1cc(/C=C2/N=C(c3ccccc3)OC2=O)ccc1OC(=O)c1cccs1. The van der Waals surface area contributed by atoms with Crippen molar-refractivity contribution < 1.29 is 23.8 Å².